The van der Waals surface area contributed by atoms with Gasteiger partial charge in [0.2, 0.25) is 0 Å². The lowest BCUT2D eigenvalue weighted by molar-refractivity contribution is 0.118. The molecule has 1 aromatic rings. The predicted molar refractivity (Wildman–Crippen MR) is 79.5 cm³/mol. The van der Waals surface area contributed by atoms with E-state index >= 15 is 0 Å². The summed E-state index contributed by atoms with van der Waals surface area (Å²) >= 11 is 3.41. The standard InChI is InChI=1S/C15H23BrO2/c1-2-3-12-18-15-8-6-14(7-9-15)13-17-11-5-4-10-16/h6-9H,2-5,10-13H2,1H3. The first kappa shape index (κ1) is 15.5. The van der Waals surface area contributed by atoms with Gasteiger partial charge in [-0.3, -0.25) is 0 Å². The fraction of sp³-hybridized carbons (Fsp3) is 0.600. The second-order valence-corrected chi connectivity index (χ2v) is 5.09. The summed E-state index contributed by atoms with van der Waals surface area (Å²) in [5, 5.41) is 1.06. The van der Waals surface area contributed by atoms with Crippen LogP contribution in [0.1, 0.15) is 38.2 Å². The highest BCUT2D eigenvalue weighted by molar-refractivity contribution is 9.09. The molecule has 0 spiro atoms. The highest BCUT2D eigenvalue weighted by atomic mass is 79.9. The number of hydrogen-bond acceptors (Lipinski definition) is 2. The lowest BCUT2D eigenvalue weighted by Gasteiger charge is -2.07. The number of benzene rings is 1. The van der Waals surface area contributed by atoms with Crippen molar-refractivity contribution in [3.8, 4) is 5.75 Å². The summed E-state index contributed by atoms with van der Waals surface area (Å²) in [5.41, 5.74) is 1.21. The summed E-state index contributed by atoms with van der Waals surface area (Å²) in [6.07, 6.45) is 4.56. The van der Waals surface area contributed by atoms with E-state index in [0.29, 0.717) is 6.61 Å². The third-order valence-electron chi connectivity index (χ3n) is 2.63. The molecule has 0 aromatic heterocycles. The van der Waals surface area contributed by atoms with Crippen molar-refractivity contribution in [1.82, 2.24) is 0 Å². The molecule has 3 heteroatoms. The molecule has 1 rings (SSSR count). The molecular formula is C15H23BrO2. The average Bonchev–Trinajstić information content (AvgIpc) is 2.40. The Morgan fingerprint density at radius 2 is 1.78 bits per heavy atom. The lowest BCUT2D eigenvalue weighted by atomic mass is 10.2. The Labute approximate surface area is 119 Å². The van der Waals surface area contributed by atoms with Crippen LogP contribution in [0, 0.1) is 0 Å². The van der Waals surface area contributed by atoms with Crippen LogP contribution in [0.25, 0.3) is 0 Å². The molecule has 0 fully saturated rings. The van der Waals surface area contributed by atoms with Crippen molar-refractivity contribution in [2.75, 3.05) is 18.5 Å². The molecule has 0 amide bonds. The second kappa shape index (κ2) is 10.4. The molecule has 0 N–H and O–H groups in total. The zero-order valence-corrected chi connectivity index (χ0v) is 12.7. The van der Waals surface area contributed by atoms with Gasteiger partial charge in [0.25, 0.3) is 0 Å². The van der Waals surface area contributed by atoms with Crippen LogP contribution in [-0.4, -0.2) is 18.5 Å². The Morgan fingerprint density at radius 1 is 1.00 bits per heavy atom. The molecule has 18 heavy (non-hydrogen) atoms. The van der Waals surface area contributed by atoms with E-state index in [9.17, 15) is 0 Å². The number of unbranched alkanes of at least 4 members (excludes halogenated alkanes) is 2. The van der Waals surface area contributed by atoms with Crippen molar-refractivity contribution in [2.45, 2.75) is 39.2 Å². The summed E-state index contributed by atoms with van der Waals surface area (Å²) < 4.78 is 11.2. The van der Waals surface area contributed by atoms with Gasteiger partial charge in [-0.2, -0.15) is 0 Å². The van der Waals surface area contributed by atoms with Gasteiger partial charge in [0.1, 0.15) is 5.75 Å². The van der Waals surface area contributed by atoms with Gasteiger partial charge in [-0.05, 0) is 37.0 Å². The van der Waals surface area contributed by atoms with Gasteiger partial charge in [-0.1, -0.05) is 41.4 Å². The van der Waals surface area contributed by atoms with E-state index < -0.39 is 0 Å². The van der Waals surface area contributed by atoms with Crippen LogP contribution in [0.15, 0.2) is 24.3 Å². The Morgan fingerprint density at radius 3 is 2.44 bits per heavy atom. The highest BCUT2D eigenvalue weighted by Gasteiger charge is 1.96. The Hall–Kier alpha value is -0.540. The monoisotopic (exact) mass is 314 g/mol. The number of halogens is 1. The SMILES string of the molecule is CCCCOc1ccc(COCCCCBr)cc1. The van der Waals surface area contributed by atoms with Crippen LogP contribution in [0.2, 0.25) is 0 Å². The van der Waals surface area contributed by atoms with Crippen molar-refractivity contribution >= 4 is 15.9 Å². The third kappa shape index (κ3) is 7.02. The molecule has 0 bridgehead atoms. The van der Waals surface area contributed by atoms with E-state index in [-0.39, 0.29) is 0 Å². The molecule has 0 saturated carbocycles. The second-order valence-electron chi connectivity index (χ2n) is 4.29. The minimum atomic E-state index is 0.692. The average molecular weight is 315 g/mol. The minimum absolute atomic E-state index is 0.692. The molecule has 0 atom stereocenters. The van der Waals surface area contributed by atoms with Crippen LogP contribution >= 0.6 is 15.9 Å². The number of rotatable bonds is 10. The molecule has 0 heterocycles. The fourth-order valence-electron chi connectivity index (χ4n) is 1.50. The van der Waals surface area contributed by atoms with E-state index in [1.165, 1.54) is 18.4 Å². The molecule has 0 aliphatic heterocycles. The topological polar surface area (TPSA) is 18.5 Å². The Kier molecular flexibility index (Phi) is 8.96. The zero-order chi connectivity index (χ0) is 13.1. The Bertz CT molecular complexity index is 298. The summed E-state index contributed by atoms with van der Waals surface area (Å²) in [6, 6.07) is 8.19. The summed E-state index contributed by atoms with van der Waals surface area (Å²) in [4.78, 5) is 0. The Balaban J connectivity index is 2.19. The molecule has 102 valence electrons. The molecule has 2 nitrogen and oxygen atoms in total. The first-order valence-corrected chi connectivity index (χ1v) is 7.84. The van der Waals surface area contributed by atoms with Crippen LogP contribution in [0.4, 0.5) is 0 Å². The summed E-state index contributed by atoms with van der Waals surface area (Å²) in [5.74, 6) is 0.950. The van der Waals surface area contributed by atoms with Crippen molar-refractivity contribution in [3.63, 3.8) is 0 Å². The van der Waals surface area contributed by atoms with Gasteiger partial charge < -0.3 is 9.47 Å². The van der Waals surface area contributed by atoms with Crippen LogP contribution in [0.3, 0.4) is 0 Å². The van der Waals surface area contributed by atoms with Crippen molar-refractivity contribution < 1.29 is 9.47 Å². The van der Waals surface area contributed by atoms with Crippen molar-refractivity contribution in [2.24, 2.45) is 0 Å². The highest BCUT2D eigenvalue weighted by Crippen LogP contribution is 2.13. The largest absolute Gasteiger partial charge is 0.494 e. The first-order chi connectivity index (χ1) is 8.86. The van der Waals surface area contributed by atoms with Crippen LogP contribution < -0.4 is 4.74 Å². The van der Waals surface area contributed by atoms with Gasteiger partial charge in [-0.25, -0.2) is 0 Å². The molecule has 0 aliphatic carbocycles. The van der Waals surface area contributed by atoms with Crippen LogP contribution in [-0.2, 0) is 11.3 Å². The van der Waals surface area contributed by atoms with E-state index in [0.717, 1.165) is 37.1 Å². The van der Waals surface area contributed by atoms with Gasteiger partial charge >= 0.3 is 0 Å². The molecular weight excluding hydrogens is 292 g/mol. The van der Waals surface area contributed by atoms with Gasteiger partial charge in [0.05, 0.1) is 13.2 Å². The van der Waals surface area contributed by atoms with Gasteiger partial charge in [0.15, 0.2) is 0 Å². The van der Waals surface area contributed by atoms with Crippen molar-refractivity contribution in [3.05, 3.63) is 29.8 Å². The van der Waals surface area contributed by atoms with Crippen molar-refractivity contribution in [1.29, 1.82) is 0 Å². The summed E-state index contributed by atoms with van der Waals surface area (Å²) in [7, 11) is 0. The maximum absolute atomic E-state index is 5.61. The minimum Gasteiger partial charge on any atom is -0.494 e. The number of ether oxygens (including phenoxy) is 2. The maximum Gasteiger partial charge on any atom is 0.119 e. The lowest BCUT2D eigenvalue weighted by Crippen LogP contribution is -1.98. The fourth-order valence-corrected chi connectivity index (χ4v) is 1.90. The van der Waals surface area contributed by atoms with Crippen LogP contribution in [0.5, 0.6) is 5.75 Å². The number of hydrogen-bond donors (Lipinski definition) is 0. The predicted octanol–water partition coefficient (Wildman–Crippen LogP) is 4.56. The molecule has 0 saturated heterocycles. The molecule has 0 radical (unpaired) electrons. The van der Waals surface area contributed by atoms with E-state index in [1.54, 1.807) is 0 Å². The first-order valence-electron chi connectivity index (χ1n) is 6.72. The quantitative estimate of drug-likeness (QED) is 0.465. The zero-order valence-electron chi connectivity index (χ0n) is 11.2. The van der Waals surface area contributed by atoms with E-state index in [1.807, 2.05) is 12.1 Å². The molecule has 0 aliphatic rings. The maximum atomic E-state index is 5.61. The smallest absolute Gasteiger partial charge is 0.119 e. The van der Waals surface area contributed by atoms with Gasteiger partial charge in [-0.15, -0.1) is 0 Å². The van der Waals surface area contributed by atoms with Gasteiger partial charge in [0, 0.05) is 11.9 Å². The molecule has 0 unspecified atom stereocenters. The van der Waals surface area contributed by atoms with E-state index in [4.69, 9.17) is 9.47 Å². The van der Waals surface area contributed by atoms with E-state index in [2.05, 4.69) is 35.0 Å². The normalized spacial score (nSPS) is 10.6. The molecule has 1 aromatic carbocycles. The number of alkyl halides is 1. The summed E-state index contributed by atoms with van der Waals surface area (Å²) in [6.45, 7) is 4.50. The third-order valence-corrected chi connectivity index (χ3v) is 3.19.